The number of hydrogen-bond donors (Lipinski definition) is 4. The first-order chi connectivity index (χ1) is 44.4. The van der Waals surface area contributed by atoms with Gasteiger partial charge in [-0.25, -0.2) is 19.9 Å². The lowest BCUT2D eigenvalue weighted by molar-refractivity contribution is 1.14. The Labute approximate surface area is 544 Å². The van der Waals surface area contributed by atoms with Gasteiger partial charge in [0, 0.05) is 44.3 Å². The van der Waals surface area contributed by atoms with Crippen LogP contribution in [0.15, 0.2) is 97.1 Å². The van der Waals surface area contributed by atoms with Crippen LogP contribution in [-0.4, -0.2) is 39.9 Å². The van der Waals surface area contributed by atoms with Gasteiger partial charge in [0.2, 0.25) is 0 Å². The zero-order valence-electron chi connectivity index (χ0n) is 57.7. The topological polar surface area (TPSA) is 115 Å². The number of H-pyrrole nitrogens is 4. The number of aromatic nitrogens is 8. The standard InChI is InChI=1S/C84H90N8/c1-19-55-45(11)77-73(53-35-31-43(9)32-36-53)78-46(12)56(20-2)66(86-78)40-70-60(24-6)50(16)82(90-70)75(81-49(15)59(23-5)69(89-81)39-65(55)85-77)63-29-27-28-30-64(63)76-83-51(17)61(25-7)71(91-83)41-67-57(21-3)47(13)79(87-67)74(54-37-33-44(10)34-38-54)80-48(14)58(22-4)68(88-80)42-72-62(26-8)52(18)84(76)92-72/h27-42,85,87,90,92H,19-26H2,1-18H3. The first-order valence-corrected chi connectivity index (χ1v) is 34.1. The van der Waals surface area contributed by atoms with E-state index in [0.29, 0.717) is 0 Å². The number of aryl methyl sites for hydroxylation is 10. The molecule has 4 aliphatic rings. The molecule has 0 aliphatic carbocycles. The zero-order valence-corrected chi connectivity index (χ0v) is 57.7. The molecule has 0 atom stereocenters. The van der Waals surface area contributed by atoms with Crippen molar-refractivity contribution >= 4 is 88.7 Å². The molecule has 466 valence electrons. The van der Waals surface area contributed by atoms with Gasteiger partial charge < -0.3 is 19.9 Å². The molecule has 0 fully saturated rings. The van der Waals surface area contributed by atoms with Crippen LogP contribution in [0.5, 0.6) is 0 Å². The van der Waals surface area contributed by atoms with Gasteiger partial charge in [0.15, 0.2) is 0 Å². The van der Waals surface area contributed by atoms with E-state index in [0.717, 1.165) is 186 Å². The Hall–Kier alpha value is -9.14. The van der Waals surface area contributed by atoms with Gasteiger partial charge in [-0.2, -0.15) is 0 Å². The van der Waals surface area contributed by atoms with Crippen molar-refractivity contribution in [1.82, 2.24) is 39.9 Å². The highest BCUT2D eigenvalue weighted by molar-refractivity contribution is 6.09. The van der Waals surface area contributed by atoms with E-state index in [9.17, 15) is 0 Å². The number of nitrogens with one attached hydrogen (secondary N) is 4. The van der Waals surface area contributed by atoms with Crippen LogP contribution in [0.3, 0.4) is 0 Å². The van der Waals surface area contributed by atoms with Gasteiger partial charge in [-0.05, 0) is 256 Å². The average Bonchev–Trinajstić information content (AvgIpc) is 1.64. The monoisotopic (exact) mass is 1210 g/mol. The fraction of sp³-hybridized carbons (Fsp3) is 0.310. The molecule has 0 spiro atoms. The Morgan fingerprint density at radius 1 is 0.283 bits per heavy atom. The first-order valence-electron chi connectivity index (χ1n) is 34.1. The van der Waals surface area contributed by atoms with Gasteiger partial charge in [-0.3, -0.25) is 0 Å². The molecule has 13 rings (SSSR count). The van der Waals surface area contributed by atoms with E-state index in [1.54, 1.807) is 0 Å². The second-order valence-electron chi connectivity index (χ2n) is 26.0. The summed E-state index contributed by atoms with van der Waals surface area (Å²) in [6.07, 6.45) is 6.70. The Bertz CT molecular complexity index is 4770. The van der Waals surface area contributed by atoms with Gasteiger partial charge >= 0.3 is 0 Å². The van der Waals surface area contributed by atoms with Crippen molar-refractivity contribution in [3.05, 3.63) is 198 Å². The number of aromatic amines is 4. The number of benzene rings is 3. The van der Waals surface area contributed by atoms with Crippen LogP contribution in [0.4, 0.5) is 0 Å². The summed E-state index contributed by atoms with van der Waals surface area (Å²) in [5, 5.41) is 0. The Kier molecular flexibility index (Phi) is 16.2. The third-order valence-corrected chi connectivity index (χ3v) is 21.1. The van der Waals surface area contributed by atoms with Crippen molar-refractivity contribution in [2.75, 3.05) is 0 Å². The van der Waals surface area contributed by atoms with Gasteiger partial charge in [-0.1, -0.05) is 139 Å². The summed E-state index contributed by atoms with van der Waals surface area (Å²) in [6, 6.07) is 36.5. The largest absolute Gasteiger partial charge is 0.354 e. The SMILES string of the molecule is CCC1=C(C)c2nc1cc1[nH]c(c(C)c1CC)c(-c1ccccc1-c1c3nc(cc4[nH]c(c(C)c4CC)c(-c4ccc(C)cc4)c4nc(cc5[nH]c1c(C)c5CC)C(CC)=C4C)C(CC)=C3C)c1nc(cc3[nH]c(c(C)c3CC)c2-c2ccc(C)cc2)C(CC)=C1C. The van der Waals surface area contributed by atoms with Crippen LogP contribution in [-0.2, 0) is 25.7 Å². The fourth-order valence-corrected chi connectivity index (χ4v) is 16.1. The van der Waals surface area contributed by atoms with E-state index in [-0.39, 0.29) is 0 Å². The van der Waals surface area contributed by atoms with E-state index in [1.807, 2.05) is 0 Å². The van der Waals surface area contributed by atoms with Crippen molar-refractivity contribution in [2.45, 2.75) is 176 Å². The van der Waals surface area contributed by atoms with E-state index in [4.69, 9.17) is 19.9 Å². The van der Waals surface area contributed by atoms with Crippen LogP contribution >= 0.6 is 0 Å². The molecule has 6 aromatic heterocycles. The van der Waals surface area contributed by atoms with Crippen molar-refractivity contribution < 1.29 is 0 Å². The van der Waals surface area contributed by atoms with Crippen LogP contribution in [0, 0.1) is 41.5 Å². The third-order valence-electron chi connectivity index (χ3n) is 21.1. The molecule has 0 saturated carbocycles. The lowest BCUT2D eigenvalue weighted by Crippen LogP contribution is -1.96. The number of rotatable bonds is 12. The molecule has 0 radical (unpaired) electrons. The molecule has 10 heterocycles. The molecule has 4 N–H and O–H groups in total. The maximum absolute atomic E-state index is 5.97. The number of allylic oxidation sites excluding steroid dienone is 8. The van der Waals surface area contributed by atoms with E-state index >= 15 is 0 Å². The number of nitrogens with zero attached hydrogens (tertiary/aromatic N) is 4. The summed E-state index contributed by atoms with van der Waals surface area (Å²) in [4.78, 5) is 40.0. The molecular weight excluding hydrogens is 1120 g/mol. The minimum Gasteiger partial charge on any atom is -0.354 e. The highest BCUT2D eigenvalue weighted by Crippen LogP contribution is 2.50. The van der Waals surface area contributed by atoms with E-state index < -0.39 is 0 Å². The van der Waals surface area contributed by atoms with Gasteiger partial charge in [0.05, 0.1) is 67.6 Å². The minimum absolute atomic E-state index is 0.815. The van der Waals surface area contributed by atoms with Crippen molar-refractivity contribution in [1.29, 1.82) is 0 Å². The predicted octanol–water partition coefficient (Wildman–Crippen LogP) is 23.1. The maximum atomic E-state index is 5.97. The molecule has 0 unspecified atom stereocenters. The van der Waals surface area contributed by atoms with Crippen LogP contribution in [0.25, 0.3) is 133 Å². The highest BCUT2D eigenvalue weighted by atomic mass is 14.8. The number of hydrogen-bond acceptors (Lipinski definition) is 4. The Morgan fingerprint density at radius 3 is 0.761 bits per heavy atom. The molecule has 0 saturated heterocycles. The molecule has 4 aliphatic heterocycles. The maximum Gasteiger partial charge on any atom is 0.0769 e. The van der Waals surface area contributed by atoms with E-state index in [1.165, 1.54) is 100 Å². The fourth-order valence-electron chi connectivity index (χ4n) is 16.1. The molecule has 0 amide bonds. The summed E-state index contributed by atoms with van der Waals surface area (Å²) in [5.41, 5.74) is 47.8. The minimum atomic E-state index is 0.815. The summed E-state index contributed by atoms with van der Waals surface area (Å²) < 4.78 is 0. The quantitative estimate of drug-likeness (QED) is 0.0975. The molecule has 8 nitrogen and oxygen atoms in total. The van der Waals surface area contributed by atoms with Gasteiger partial charge in [0.25, 0.3) is 0 Å². The molecule has 16 bridgehead atoms. The van der Waals surface area contributed by atoms with Crippen LogP contribution < -0.4 is 0 Å². The lowest BCUT2D eigenvalue weighted by atomic mass is 9.88. The Balaban J connectivity index is 1.22. The second-order valence-corrected chi connectivity index (χ2v) is 26.0. The molecule has 9 aromatic rings. The predicted molar refractivity (Wildman–Crippen MR) is 394 cm³/mol. The summed E-state index contributed by atoms with van der Waals surface area (Å²) in [7, 11) is 0. The lowest BCUT2D eigenvalue weighted by Gasteiger charge is -2.16. The third kappa shape index (κ3) is 9.76. The van der Waals surface area contributed by atoms with Crippen LogP contribution in [0.1, 0.15) is 210 Å². The molecule has 3 aromatic carbocycles. The van der Waals surface area contributed by atoms with Crippen molar-refractivity contribution in [3.8, 4) is 44.5 Å². The highest BCUT2D eigenvalue weighted by Gasteiger charge is 2.31. The average molecular weight is 1210 g/mol. The normalized spacial score (nSPS) is 13.5. The smallest absolute Gasteiger partial charge is 0.0769 e. The zero-order chi connectivity index (χ0) is 64.9. The number of fused-ring (bicyclic) bond motifs is 16. The summed E-state index contributed by atoms with van der Waals surface area (Å²) >= 11 is 0. The van der Waals surface area contributed by atoms with Crippen LogP contribution in [0.2, 0.25) is 0 Å². The summed E-state index contributed by atoms with van der Waals surface area (Å²) in [6.45, 7) is 41.0. The van der Waals surface area contributed by atoms with E-state index in [2.05, 4.69) is 242 Å². The second kappa shape index (κ2) is 24.2. The molecular formula is C84H90N8. The van der Waals surface area contributed by atoms with Crippen molar-refractivity contribution in [3.63, 3.8) is 0 Å². The van der Waals surface area contributed by atoms with Gasteiger partial charge in [-0.15, -0.1) is 0 Å². The first kappa shape index (κ1) is 61.7. The molecule has 92 heavy (non-hydrogen) atoms. The Morgan fingerprint density at radius 2 is 0.522 bits per heavy atom. The summed E-state index contributed by atoms with van der Waals surface area (Å²) in [5.74, 6) is 0. The molecule has 8 heteroatoms. The van der Waals surface area contributed by atoms with Crippen molar-refractivity contribution in [2.24, 2.45) is 0 Å². The van der Waals surface area contributed by atoms with Gasteiger partial charge in [0.1, 0.15) is 0 Å².